The third-order valence-electron chi connectivity index (χ3n) is 4.44. The normalized spacial score (nSPS) is 17.9. The molecule has 1 aliphatic heterocycles. The van der Waals surface area contributed by atoms with Crippen molar-refractivity contribution >= 4 is 27.9 Å². The van der Waals surface area contributed by atoms with E-state index in [1.54, 1.807) is 6.08 Å². The first-order valence-electron chi connectivity index (χ1n) is 8.31. The Balaban J connectivity index is 2.14. The second kappa shape index (κ2) is 8.59. The van der Waals surface area contributed by atoms with Gasteiger partial charge in [-0.05, 0) is 31.4 Å². The summed E-state index contributed by atoms with van der Waals surface area (Å²) in [6.07, 6.45) is 5.15. The van der Waals surface area contributed by atoms with Gasteiger partial charge in [0.05, 0.1) is 11.5 Å². The van der Waals surface area contributed by atoms with Crippen molar-refractivity contribution in [2.75, 3.05) is 43.2 Å². The highest BCUT2D eigenvalue weighted by Gasteiger charge is 2.20. The molecule has 0 bridgehead atoms. The maximum Gasteiger partial charge on any atom is 0.156 e. The van der Waals surface area contributed by atoms with Crippen LogP contribution in [0.2, 0.25) is 0 Å². The average Bonchev–Trinajstić information content (AvgIpc) is 2.63. The zero-order valence-electron chi connectivity index (χ0n) is 15.6. The van der Waals surface area contributed by atoms with Gasteiger partial charge in [-0.1, -0.05) is 5.87 Å². The summed E-state index contributed by atoms with van der Waals surface area (Å²) in [5, 5.41) is 0.879. The van der Waals surface area contributed by atoms with Crippen LogP contribution in [0.25, 0.3) is 0 Å². The second-order valence-electron chi connectivity index (χ2n) is 6.30. The summed E-state index contributed by atoms with van der Waals surface area (Å²) in [5.41, 5.74) is 17.2. The van der Waals surface area contributed by atoms with Crippen molar-refractivity contribution in [3.05, 3.63) is 47.1 Å². The van der Waals surface area contributed by atoms with Crippen molar-refractivity contribution in [2.45, 2.75) is 6.92 Å². The van der Waals surface area contributed by atoms with Crippen molar-refractivity contribution in [2.24, 2.45) is 17.3 Å². The molecule has 0 spiro atoms. The molecule has 1 aliphatic rings. The van der Waals surface area contributed by atoms with Crippen LogP contribution in [0, 0.1) is 18.6 Å². The standard InChI is InChI=1S/C17H27F2N7S/c1-11-12(18)10-13(20)17(16(11)19)26(23)15(22)5-4-14(21)24-6-8-25(9-7-24)27(2)3/h4-5,10H,2,6-9,20-23H2,1,3H3/b14-4+,15-5+. The molecule has 0 amide bonds. The smallest absolute Gasteiger partial charge is 0.156 e. The minimum Gasteiger partial charge on any atom is -0.397 e. The zero-order valence-corrected chi connectivity index (χ0v) is 16.4. The molecule has 0 radical (unpaired) electrons. The van der Waals surface area contributed by atoms with Crippen molar-refractivity contribution < 1.29 is 8.78 Å². The molecule has 10 heteroatoms. The van der Waals surface area contributed by atoms with E-state index in [4.69, 9.17) is 23.0 Å². The van der Waals surface area contributed by atoms with Crippen molar-refractivity contribution in [3.63, 3.8) is 0 Å². The number of halogens is 2. The van der Waals surface area contributed by atoms with Crippen LogP contribution in [0.4, 0.5) is 20.2 Å². The Morgan fingerprint density at radius 2 is 1.81 bits per heavy atom. The Labute approximate surface area is 160 Å². The molecule has 0 saturated carbocycles. The highest BCUT2D eigenvalue weighted by Crippen LogP contribution is 2.30. The fourth-order valence-corrected chi connectivity index (χ4v) is 3.50. The van der Waals surface area contributed by atoms with Gasteiger partial charge in [0.15, 0.2) is 5.82 Å². The van der Waals surface area contributed by atoms with E-state index in [1.807, 2.05) is 4.90 Å². The quantitative estimate of drug-likeness (QED) is 0.192. The number of allylic oxidation sites excluding steroid dienone is 2. The van der Waals surface area contributed by atoms with Crippen LogP contribution in [0.3, 0.4) is 0 Å². The Kier molecular flexibility index (Phi) is 6.68. The maximum atomic E-state index is 14.3. The Morgan fingerprint density at radius 3 is 2.37 bits per heavy atom. The van der Waals surface area contributed by atoms with E-state index in [2.05, 4.69) is 16.4 Å². The lowest BCUT2D eigenvalue weighted by Gasteiger charge is -2.36. The van der Waals surface area contributed by atoms with Gasteiger partial charge in [-0.3, -0.25) is 9.31 Å². The summed E-state index contributed by atoms with van der Waals surface area (Å²) < 4.78 is 30.2. The number of hydrogen-bond donors (Lipinski definition) is 4. The molecule has 1 fully saturated rings. The molecule has 150 valence electrons. The first kappa shape index (κ1) is 21.0. The summed E-state index contributed by atoms with van der Waals surface area (Å²) in [6.45, 7) is 4.58. The molecule has 7 nitrogen and oxygen atoms in total. The van der Waals surface area contributed by atoms with Gasteiger partial charge in [-0.25, -0.2) is 14.6 Å². The number of benzene rings is 1. The summed E-state index contributed by atoms with van der Waals surface area (Å²) in [7, 11) is -0.00971. The summed E-state index contributed by atoms with van der Waals surface area (Å²) >= 11 is 0. The van der Waals surface area contributed by atoms with E-state index in [-0.39, 0.29) is 33.4 Å². The molecule has 0 aliphatic carbocycles. The van der Waals surface area contributed by atoms with Crippen molar-refractivity contribution in [1.29, 1.82) is 0 Å². The number of hydrogen-bond acceptors (Lipinski definition) is 7. The van der Waals surface area contributed by atoms with E-state index >= 15 is 0 Å². The molecule has 1 unspecified atom stereocenters. The van der Waals surface area contributed by atoms with Gasteiger partial charge in [0, 0.05) is 31.7 Å². The highest BCUT2D eigenvalue weighted by atomic mass is 32.2. The Hall–Kier alpha value is -2.30. The Bertz CT molecular complexity index is 786. The molecule has 27 heavy (non-hydrogen) atoms. The minimum absolute atomic E-state index is 0.00971. The molecule has 1 saturated heterocycles. The van der Waals surface area contributed by atoms with E-state index < -0.39 is 11.6 Å². The van der Waals surface area contributed by atoms with Crippen LogP contribution in [-0.2, 0) is 0 Å². The molecule has 0 aromatic heterocycles. The van der Waals surface area contributed by atoms with Gasteiger partial charge in [-0.15, -0.1) is 10.7 Å². The largest absolute Gasteiger partial charge is 0.397 e. The molecule has 2 rings (SSSR count). The van der Waals surface area contributed by atoms with Crippen LogP contribution in [0.15, 0.2) is 29.9 Å². The predicted octanol–water partition coefficient (Wildman–Crippen LogP) is 0.999. The average molecular weight is 400 g/mol. The fourth-order valence-electron chi connectivity index (χ4n) is 2.71. The number of anilines is 2. The molecule has 1 aromatic rings. The van der Waals surface area contributed by atoms with Crippen LogP contribution in [-0.4, -0.2) is 47.5 Å². The SMILES string of the molecule is C=S(C)N1CCN(/C(N)=C/C=C(\N)N(N)c2c(N)cc(F)c(C)c2F)CC1. The van der Waals surface area contributed by atoms with Gasteiger partial charge in [0.25, 0.3) is 0 Å². The number of hydrazine groups is 1. The topological polar surface area (TPSA) is 114 Å². The van der Waals surface area contributed by atoms with Gasteiger partial charge < -0.3 is 22.1 Å². The van der Waals surface area contributed by atoms with Gasteiger partial charge in [0.2, 0.25) is 0 Å². The van der Waals surface area contributed by atoms with Crippen LogP contribution >= 0.6 is 10.7 Å². The third kappa shape index (κ3) is 4.71. The molecule has 1 aromatic carbocycles. The number of piperazine rings is 1. The van der Waals surface area contributed by atoms with E-state index in [0.29, 0.717) is 5.82 Å². The highest BCUT2D eigenvalue weighted by molar-refractivity contribution is 8.11. The van der Waals surface area contributed by atoms with E-state index in [1.165, 1.54) is 13.0 Å². The summed E-state index contributed by atoms with van der Waals surface area (Å²) in [4.78, 5) is 2.02. The first-order chi connectivity index (χ1) is 12.6. The molecule has 1 atom stereocenters. The predicted molar refractivity (Wildman–Crippen MR) is 110 cm³/mol. The lowest BCUT2D eigenvalue weighted by atomic mass is 10.1. The van der Waals surface area contributed by atoms with Crippen molar-refractivity contribution in [3.8, 4) is 0 Å². The third-order valence-corrected chi connectivity index (χ3v) is 5.69. The fraction of sp³-hybridized carbons (Fsp3) is 0.353. The monoisotopic (exact) mass is 399 g/mol. The Morgan fingerprint density at radius 1 is 1.22 bits per heavy atom. The summed E-state index contributed by atoms with van der Waals surface area (Å²) in [5.74, 6) is 8.86. The molecule has 8 N–H and O–H groups in total. The second-order valence-corrected chi connectivity index (χ2v) is 8.02. The zero-order chi connectivity index (χ0) is 20.3. The van der Waals surface area contributed by atoms with E-state index in [0.717, 1.165) is 37.3 Å². The van der Waals surface area contributed by atoms with Crippen LogP contribution in [0.1, 0.15) is 5.56 Å². The molecule has 1 heterocycles. The van der Waals surface area contributed by atoms with E-state index in [9.17, 15) is 8.78 Å². The van der Waals surface area contributed by atoms with Crippen LogP contribution in [0.5, 0.6) is 0 Å². The lowest BCUT2D eigenvalue weighted by molar-refractivity contribution is 0.238. The molecular formula is C17H27F2N7S. The lowest BCUT2D eigenvalue weighted by Crippen LogP contribution is -2.44. The summed E-state index contributed by atoms with van der Waals surface area (Å²) in [6, 6.07) is 1.01. The first-order valence-corrected chi connectivity index (χ1v) is 10.1. The van der Waals surface area contributed by atoms with Crippen molar-refractivity contribution in [1.82, 2.24) is 9.21 Å². The van der Waals surface area contributed by atoms with Crippen LogP contribution < -0.4 is 28.1 Å². The number of rotatable bonds is 5. The molecular weight excluding hydrogens is 372 g/mol. The van der Waals surface area contributed by atoms with Gasteiger partial charge >= 0.3 is 0 Å². The number of nitrogen functional groups attached to an aromatic ring is 1. The van der Waals surface area contributed by atoms with Gasteiger partial charge in [-0.2, -0.15) is 0 Å². The number of nitrogens with zero attached hydrogens (tertiary/aromatic N) is 3. The minimum atomic E-state index is -0.859. The number of nitrogens with two attached hydrogens (primary N) is 4. The maximum absolute atomic E-state index is 14.3. The van der Waals surface area contributed by atoms with Gasteiger partial charge in [0.1, 0.15) is 17.3 Å².